The highest BCUT2D eigenvalue weighted by Gasteiger charge is 2.59. The van der Waals surface area contributed by atoms with E-state index in [1.807, 2.05) is 32.0 Å². The fraction of sp³-hybridized carbons (Fsp3) is 0.292. The molecule has 0 N–H and O–H groups in total. The van der Waals surface area contributed by atoms with Crippen LogP contribution < -0.4 is 9.64 Å². The van der Waals surface area contributed by atoms with Crippen LogP contribution in [0.15, 0.2) is 54.6 Å². The lowest BCUT2D eigenvalue weighted by atomic mass is 9.85. The Balaban J connectivity index is 1.36. The highest BCUT2D eigenvalue weighted by atomic mass is 16.5. The van der Waals surface area contributed by atoms with Gasteiger partial charge in [0, 0.05) is 0 Å². The molecule has 0 spiro atoms. The molecule has 4 atom stereocenters. The molecular formula is C24H21NO4. The van der Waals surface area contributed by atoms with Crippen LogP contribution >= 0.6 is 0 Å². The Bertz CT molecular complexity index is 1020. The van der Waals surface area contributed by atoms with Crippen LogP contribution in [0.2, 0.25) is 0 Å². The number of amides is 2. The van der Waals surface area contributed by atoms with Crippen LogP contribution in [0.25, 0.3) is 0 Å². The number of allylic oxidation sites excluding steroid dienone is 2. The van der Waals surface area contributed by atoms with Gasteiger partial charge in [0.15, 0.2) is 0 Å². The average Bonchev–Trinajstić information content (AvgIpc) is 3.39. The number of anilines is 1. The summed E-state index contributed by atoms with van der Waals surface area (Å²) in [4.78, 5) is 39.7. The molecule has 0 radical (unpaired) electrons. The van der Waals surface area contributed by atoms with E-state index in [2.05, 4.69) is 12.2 Å². The summed E-state index contributed by atoms with van der Waals surface area (Å²) < 4.78 is 5.57. The summed E-state index contributed by atoms with van der Waals surface area (Å²) in [6.07, 6.45) is 5.06. The molecule has 5 rings (SSSR count). The number of carbonyl (C=O) groups excluding carboxylic acids is 3. The minimum atomic E-state index is -0.466. The van der Waals surface area contributed by atoms with E-state index in [9.17, 15) is 14.4 Å². The molecule has 0 aromatic heterocycles. The molecule has 1 saturated carbocycles. The van der Waals surface area contributed by atoms with Gasteiger partial charge in [0.05, 0.1) is 23.1 Å². The Morgan fingerprint density at radius 3 is 2.00 bits per heavy atom. The number of nitrogens with zero attached hydrogens (tertiary/aromatic N) is 1. The Kier molecular flexibility index (Phi) is 3.95. The third kappa shape index (κ3) is 2.64. The third-order valence-electron chi connectivity index (χ3n) is 6.44. The van der Waals surface area contributed by atoms with Gasteiger partial charge < -0.3 is 4.74 Å². The van der Waals surface area contributed by atoms with E-state index in [4.69, 9.17) is 4.74 Å². The number of hydrogen-bond acceptors (Lipinski definition) is 4. The zero-order valence-electron chi connectivity index (χ0n) is 16.3. The number of carbonyl (C=O) groups is 3. The van der Waals surface area contributed by atoms with E-state index in [0.29, 0.717) is 17.0 Å². The van der Waals surface area contributed by atoms with Gasteiger partial charge in [-0.05, 0) is 67.5 Å². The van der Waals surface area contributed by atoms with Crippen LogP contribution in [0.3, 0.4) is 0 Å². The maximum atomic E-state index is 12.9. The smallest absolute Gasteiger partial charge is 0.343 e. The molecule has 2 aromatic carbocycles. The normalized spacial score (nSPS) is 26.9. The van der Waals surface area contributed by atoms with Gasteiger partial charge in [0.25, 0.3) is 0 Å². The Hall–Kier alpha value is -3.21. The first-order valence-corrected chi connectivity index (χ1v) is 9.90. The van der Waals surface area contributed by atoms with Crippen molar-refractivity contribution in [3.63, 3.8) is 0 Å². The molecular weight excluding hydrogens is 366 g/mol. The molecule has 2 bridgehead atoms. The van der Waals surface area contributed by atoms with Crippen LogP contribution in [-0.2, 0) is 9.59 Å². The van der Waals surface area contributed by atoms with E-state index in [-0.39, 0.29) is 35.5 Å². The minimum absolute atomic E-state index is 0.122. The van der Waals surface area contributed by atoms with Gasteiger partial charge in [-0.2, -0.15) is 0 Å². The molecule has 2 aliphatic carbocycles. The summed E-state index contributed by atoms with van der Waals surface area (Å²) in [5.41, 5.74) is 2.66. The highest BCUT2D eigenvalue weighted by molar-refractivity contribution is 6.22. The van der Waals surface area contributed by atoms with Crippen LogP contribution in [0.5, 0.6) is 5.75 Å². The van der Waals surface area contributed by atoms with Crippen molar-refractivity contribution >= 4 is 23.5 Å². The van der Waals surface area contributed by atoms with Crippen molar-refractivity contribution in [3.05, 3.63) is 71.3 Å². The van der Waals surface area contributed by atoms with Gasteiger partial charge in [-0.15, -0.1) is 0 Å². The summed E-state index contributed by atoms with van der Waals surface area (Å²) >= 11 is 0. The molecule has 3 aliphatic rings. The molecule has 29 heavy (non-hydrogen) atoms. The highest BCUT2D eigenvalue weighted by Crippen LogP contribution is 2.53. The zero-order valence-corrected chi connectivity index (χ0v) is 16.3. The van der Waals surface area contributed by atoms with Crippen LogP contribution in [0.4, 0.5) is 5.69 Å². The molecule has 5 heteroatoms. The van der Waals surface area contributed by atoms with Crippen molar-refractivity contribution in [3.8, 4) is 5.75 Å². The molecule has 2 fully saturated rings. The van der Waals surface area contributed by atoms with Crippen LogP contribution in [-0.4, -0.2) is 17.8 Å². The molecule has 1 heterocycles. The maximum absolute atomic E-state index is 12.9. The van der Waals surface area contributed by atoms with E-state index in [1.165, 1.54) is 4.90 Å². The number of hydrogen-bond donors (Lipinski definition) is 0. The van der Waals surface area contributed by atoms with E-state index in [1.54, 1.807) is 24.3 Å². The van der Waals surface area contributed by atoms with Crippen molar-refractivity contribution in [2.45, 2.75) is 20.3 Å². The summed E-state index contributed by atoms with van der Waals surface area (Å²) in [6, 6.07) is 12.2. The van der Waals surface area contributed by atoms with Gasteiger partial charge in [-0.25, -0.2) is 4.79 Å². The molecule has 2 aromatic rings. The topological polar surface area (TPSA) is 63.7 Å². The second-order valence-corrected chi connectivity index (χ2v) is 8.17. The van der Waals surface area contributed by atoms with Gasteiger partial charge in [0.2, 0.25) is 11.8 Å². The third-order valence-corrected chi connectivity index (χ3v) is 6.44. The largest absolute Gasteiger partial charge is 0.422 e. The Labute approximate surface area is 169 Å². The monoisotopic (exact) mass is 387 g/mol. The number of ether oxygens (including phenoxy) is 1. The molecule has 2 amide bonds. The van der Waals surface area contributed by atoms with Crippen LogP contribution in [0.1, 0.15) is 27.9 Å². The number of benzene rings is 2. The predicted molar refractivity (Wildman–Crippen MR) is 108 cm³/mol. The molecule has 0 unspecified atom stereocenters. The first kappa shape index (κ1) is 17.9. The van der Waals surface area contributed by atoms with Crippen LogP contribution in [0, 0.1) is 37.5 Å². The van der Waals surface area contributed by atoms with Crippen molar-refractivity contribution in [1.29, 1.82) is 0 Å². The fourth-order valence-corrected chi connectivity index (χ4v) is 5.02. The lowest BCUT2D eigenvalue weighted by Crippen LogP contribution is -2.32. The lowest BCUT2D eigenvalue weighted by Gasteiger charge is -2.17. The zero-order chi connectivity index (χ0) is 20.3. The van der Waals surface area contributed by atoms with Gasteiger partial charge in [-0.3, -0.25) is 14.5 Å². The summed E-state index contributed by atoms with van der Waals surface area (Å²) in [7, 11) is 0. The molecule has 5 nitrogen and oxygen atoms in total. The number of esters is 1. The van der Waals surface area contributed by atoms with Gasteiger partial charge in [0.1, 0.15) is 5.75 Å². The first-order chi connectivity index (χ1) is 14.0. The van der Waals surface area contributed by atoms with E-state index >= 15 is 0 Å². The number of para-hydroxylation sites is 1. The lowest BCUT2D eigenvalue weighted by molar-refractivity contribution is -0.123. The average molecular weight is 387 g/mol. The maximum Gasteiger partial charge on any atom is 0.343 e. The number of fused-ring (bicyclic) bond motifs is 5. The molecule has 1 saturated heterocycles. The number of aryl methyl sites for hydroxylation is 2. The first-order valence-electron chi connectivity index (χ1n) is 9.90. The molecule has 146 valence electrons. The van der Waals surface area contributed by atoms with Gasteiger partial charge >= 0.3 is 5.97 Å². The van der Waals surface area contributed by atoms with Crippen molar-refractivity contribution in [2.75, 3.05) is 4.90 Å². The Morgan fingerprint density at radius 1 is 0.897 bits per heavy atom. The minimum Gasteiger partial charge on any atom is -0.422 e. The number of rotatable bonds is 3. The summed E-state index contributed by atoms with van der Waals surface area (Å²) in [5.74, 6) is -0.256. The van der Waals surface area contributed by atoms with Crippen molar-refractivity contribution in [2.24, 2.45) is 23.7 Å². The quantitative estimate of drug-likeness (QED) is 0.347. The SMILES string of the molecule is Cc1cccc(C)c1OC(=O)c1ccc(N2C(=O)[C@@H]3[C@@H](C2=O)[C@H]2C=C[C@@H]3C2)cc1. The summed E-state index contributed by atoms with van der Waals surface area (Å²) in [6.45, 7) is 3.78. The number of imide groups is 1. The van der Waals surface area contributed by atoms with Crippen molar-refractivity contribution < 1.29 is 19.1 Å². The molecule has 1 aliphatic heterocycles. The Morgan fingerprint density at radius 2 is 1.45 bits per heavy atom. The van der Waals surface area contributed by atoms with E-state index < -0.39 is 5.97 Å². The van der Waals surface area contributed by atoms with E-state index in [0.717, 1.165) is 17.5 Å². The summed E-state index contributed by atoms with van der Waals surface area (Å²) in [5, 5.41) is 0. The fourth-order valence-electron chi connectivity index (χ4n) is 5.02. The van der Waals surface area contributed by atoms with Gasteiger partial charge in [-0.1, -0.05) is 30.4 Å². The second-order valence-electron chi connectivity index (χ2n) is 8.17. The second kappa shape index (κ2) is 6.41. The van der Waals surface area contributed by atoms with Crippen molar-refractivity contribution in [1.82, 2.24) is 0 Å². The standard InChI is InChI=1S/C24H21NO4/c1-13-4-3-5-14(2)21(13)29-24(28)15-8-10-18(11-9-15)25-22(26)19-16-6-7-17(12-16)20(19)23(25)27/h3-11,16-17,19-20H,12H2,1-2H3/t16-,17+,19-,20-/m0/s1. The predicted octanol–water partition coefficient (Wildman–Crippen LogP) is 3.83.